The lowest BCUT2D eigenvalue weighted by molar-refractivity contribution is 0.0949. The van der Waals surface area contributed by atoms with E-state index in [0.717, 1.165) is 51.4 Å². The molecule has 1 amide bonds. The summed E-state index contributed by atoms with van der Waals surface area (Å²) in [6.45, 7) is 8.89. The number of likely N-dealkylation sites (N-methyl/N-ethyl adjacent to an activating group) is 1. The molecule has 0 spiro atoms. The van der Waals surface area contributed by atoms with Crippen molar-refractivity contribution in [3.63, 3.8) is 0 Å². The lowest BCUT2D eigenvalue weighted by atomic mass is 10.2. The third kappa shape index (κ3) is 5.31. The van der Waals surface area contributed by atoms with Crippen LogP contribution in [-0.2, 0) is 0 Å². The van der Waals surface area contributed by atoms with Crippen LogP contribution < -0.4 is 10.1 Å². The largest absolute Gasteiger partial charge is 0.494 e. The molecule has 122 valence electrons. The van der Waals surface area contributed by atoms with E-state index in [0.29, 0.717) is 12.2 Å². The molecule has 1 heterocycles. The summed E-state index contributed by atoms with van der Waals surface area (Å²) in [5.41, 5.74) is 0.683. The molecular weight excluding hydrogens is 278 g/mol. The first kappa shape index (κ1) is 16.8. The molecule has 22 heavy (non-hydrogen) atoms. The topological polar surface area (TPSA) is 44.8 Å². The molecule has 1 aliphatic heterocycles. The molecule has 0 aromatic heterocycles. The van der Waals surface area contributed by atoms with Gasteiger partial charge in [-0.2, -0.15) is 0 Å². The highest BCUT2D eigenvalue weighted by Crippen LogP contribution is 2.11. The number of piperazine rings is 1. The fourth-order valence-corrected chi connectivity index (χ4v) is 2.55. The zero-order valence-corrected chi connectivity index (χ0v) is 13.7. The van der Waals surface area contributed by atoms with Crippen LogP contribution in [0.4, 0.5) is 0 Å². The molecule has 2 rings (SSSR count). The minimum atomic E-state index is -0.0126. The van der Waals surface area contributed by atoms with E-state index in [1.807, 2.05) is 19.1 Å². The van der Waals surface area contributed by atoms with Gasteiger partial charge in [0.1, 0.15) is 5.75 Å². The summed E-state index contributed by atoms with van der Waals surface area (Å²) in [6.07, 6.45) is 0.993. The first-order valence-electron chi connectivity index (χ1n) is 8.11. The number of hydrogen-bond donors (Lipinski definition) is 1. The van der Waals surface area contributed by atoms with Gasteiger partial charge in [0.25, 0.3) is 5.91 Å². The van der Waals surface area contributed by atoms with Crippen LogP contribution in [0.1, 0.15) is 23.7 Å². The van der Waals surface area contributed by atoms with Gasteiger partial charge < -0.3 is 19.9 Å². The van der Waals surface area contributed by atoms with Crippen molar-refractivity contribution in [1.29, 1.82) is 0 Å². The van der Waals surface area contributed by atoms with Crippen molar-refractivity contribution in [3.05, 3.63) is 29.8 Å². The predicted molar refractivity (Wildman–Crippen MR) is 88.5 cm³/mol. The van der Waals surface area contributed by atoms with Gasteiger partial charge in [-0.3, -0.25) is 4.79 Å². The van der Waals surface area contributed by atoms with Crippen LogP contribution in [0.2, 0.25) is 0 Å². The van der Waals surface area contributed by atoms with E-state index in [2.05, 4.69) is 22.2 Å². The maximum absolute atomic E-state index is 12.0. The fraction of sp³-hybridized carbons (Fsp3) is 0.588. The van der Waals surface area contributed by atoms with Gasteiger partial charge in [0.05, 0.1) is 6.61 Å². The van der Waals surface area contributed by atoms with Crippen LogP contribution in [0.15, 0.2) is 24.3 Å². The van der Waals surface area contributed by atoms with Crippen molar-refractivity contribution < 1.29 is 9.53 Å². The summed E-state index contributed by atoms with van der Waals surface area (Å²) in [4.78, 5) is 16.8. The molecule has 0 aliphatic carbocycles. The number of carbonyl (C=O) groups is 1. The van der Waals surface area contributed by atoms with Crippen molar-refractivity contribution in [3.8, 4) is 5.75 Å². The highest BCUT2D eigenvalue weighted by molar-refractivity contribution is 5.94. The van der Waals surface area contributed by atoms with Crippen molar-refractivity contribution in [2.45, 2.75) is 13.3 Å². The molecule has 1 N–H and O–H groups in total. The number of ether oxygens (including phenoxy) is 1. The third-order valence-corrected chi connectivity index (χ3v) is 3.96. The monoisotopic (exact) mass is 305 g/mol. The Morgan fingerprint density at radius 1 is 1.18 bits per heavy atom. The zero-order chi connectivity index (χ0) is 15.8. The quantitative estimate of drug-likeness (QED) is 0.775. The molecule has 0 radical (unpaired) electrons. The maximum atomic E-state index is 12.0. The average molecular weight is 305 g/mol. The molecule has 1 aromatic rings. The van der Waals surface area contributed by atoms with Crippen LogP contribution in [0, 0.1) is 0 Å². The number of hydrogen-bond acceptors (Lipinski definition) is 4. The van der Waals surface area contributed by atoms with Crippen molar-refractivity contribution in [1.82, 2.24) is 15.1 Å². The number of benzene rings is 1. The minimum Gasteiger partial charge on any atom is -0.494 e. The van der Waals surface area contributed by atoms with Crippen LogP contribution in [-0.4, -0.2) is 68.6 Å². The average Bonchev–Trinajstić information content (AvgIpc) is 2.54. The molecule has 1 aliphatic rings. The molecule has 0 saturated carbocycles. The second kappa shape index (κ2) is 8.76. The Bertz CT molecular complexity index is 453. The van der Waals surface area contributed by atoms with Gasteiger partial charge in [-0.25, -0.2) is 0 Å². The lowest BCUT2D eigenvalue weighted by Gasteiger charge is -2.32. The molecule has 1 aromatic carbocycles. The first-order valence-corrected chi connectivity index (χ1v) is 8.11. The Morgan fingerprint density at radius 3 is 2.50 bits per heavy atom. The molecule has 0 unspecified atom stereocenters. The van der Waals surface area contributed by atoms with Crippen LogP contribution in [0.5, 0.6) is 5.75 Å². The summed E-state index contributed by atoms with van der Waals surface area (Å²) in [5.74, 6) is 0.788. The number of amides is 1. The Balaban J connectivity index is 1.65. The van der Waals surface area contributed by atoms with E-state index in [1.165, 1.54) is 0 Å². The minimum absolute atomic E-state index is 0.0126. The highest BCUT2D eigenvalue weighted by atomic mass is 16.5. The summed E-state index contributed by atoms with van der Waals surface area (Å²) in [7, 11) is 2.16. The van der Waals surface area contributed by atoms with Gasteiger partial charge in [0, 0.05) is 38.3 Å². The number of rotatable bonds is 7. The Morgan fingerprint density at radius 2 is 1.86 bits per heavy atom. The van der Waals surface area contributed by atoms with E-state index in [-0.39, 0.29) is 5.91 Å². The standard InChI is InChI=1S/C17H27N3O2/c1-3-22-16-7-5-15(6-8-16)17(21)18-9-4-10-20-13-11-19(2)12-14-20/h5-8H,3-4,9-14H2,1-2H3,(H,18,21). The summed E-state index contributed by atoms with van der Waals surface area (Å²) in [6, 6.07) is 7.28. The van der Waals surface area contributed by atoms with Crippen molar-refractivity contribution in [2.24, 2.45) is 0 Å². The van der Waals surface area contributed by atoms with Gasteiger partial charge in [-0.05, 0) is 51.2 Å². The first-order chi connectivity index (χ1) is 10.7. The number of carbonyl (C=O) groups excluding carboxylic acids is 1. The van der Waals surface area contributed by atoms with E-state index in [4.69, 9.17) is 4.74 Å². The highest BCUT2D eigenvalue weighted by Gasteiger charge is 2.13. The second-order valence-electron chi connectivity index (χ2n) is 5.71. The van der Waals surface area contributed by atoms with E-state index in [9.17, 15) is 4.79 Å². The third-order valence-electron chi connectivity index (χ3n) is 3.96. The molecule has 1 saturated heterocycles. The zero-order valence-electron chi connectivity index (χ0n) is 13.7. The van der Waals surface area contributed by atoms with Gasteiger partial charge in [-0.1, -0.05) is 0 Å². The normalized spacial score (nSPS) is 16.5. The second-order valence-corrected chi connectivity index (χ2v) is 5.71. The van der Waals surface area contributed by atoms with Gasteiger partial charge >= 0.3 is 0 Å². The van der Waals surface area contributed by atoms with E-state index in [1.54, 1.807) is 12.1 Å². The van der Waals surface area contributed by atoms with Gasteiger partial charge in [0.15, 0.2) is 0 Å². The summed E-state index contributed by atoms with van der Waals surface area (Å²) >= 11 is 0. The Labute approximate surface area is 133 Å². The van der Waals surface area contributed by atoms with E-state index < -0.39 is 0 Å². The Kier molecular flexibility index (Phi) is 6.68. The van der Waals surface area contributed by atoms with Crippen molar-refractivity contribution in [2.75, 3.05) is 52.9 Å². The molecule has 1 fully saturated rings. The number of nitrogens with one attached hydrogen (secondary N) is 1. The molecule has 5 nitrogen and oxygen atoms in total. The van der Waals surface area contributed by atoms with Crippen LogP contribution in [0.3, 0.4) is 0 Å². The van der Waals surface area contributed by atoms with Gasteiger partial charge in [0.2, 0.25) is 0 Å². The fourth-order valence-electron chi connectivity index (χ4n) is 2.55. The van der Waals surface area contributed by atoms with Crippen molar-refractivity contribution >= 4 is 5.91 Å². The summed E-state index contributed by atoms with van der Waals surface area (Å²) < 4.78 is 5.37. The molecule has 0 atom stereocenters. The number of nitrogens with zero attached hydrogens (tertiary/aromatic N) is 2. The predicted octanol–water partition coefficient (Wildman–Crippen LogP) is 1.45. The lowest BCUT2D eigenvalue weighted by Crippen LogP contribution is -2.45. The maximum Gasteiger partial charge on any atom is 0.251 e. The SMILES string of the molecule is CCOc1ccc(C(=O)NCCCN2CCN(C)CC2)cc1. The van der Waals surface area contributed by atoms with Gasteiger partial charge in [-0.15, -0.1) is 0 Å². The Hall–Kier alpha value is -1.59. The van der Waals surface area contributed by atoms with Crippen LogP contribution in [0.25, 0.3) is 0 Å². The molecule has 5 heteroatoms. The molecular formula is C17H27N3O2. The summed E-state index contributed by atoms with van der Waals surface area (Å²) in [5, 5.41) is 2.98. The molecule has 0 bridgehead atoms. The smallest absolute Gasteiger partial charge is 0.251 e. The van der Waals surface area contributed by atoms with E-state index >= 15 is 0 Å². The van der Waals surface area contributed by atoms with Crippen LogP contribution >= 0.6 is 0 Å².